The fraction of sp³-hybridized carbons (Fsp3) is 0.200. The van der Waals surface area contributed by atoms with Crippen LogP contribution in [0.5, 0.6) is 0 Å². The van der Waals surface area contributed by atoms with Crippen molar-refractivity contribution in [3.05, 3.63) is 63.5 Å². The number of hydrogen-bond acceptors (Lipinski definition) is 4. The summed E-state index contributed by atoms with van der Waals surface area (Å²) in [7, 11) is 0. The average molecular weight is 365 g/mol. The Morgan fingerprint density at radius 3 is 2.96 bits per heavy atom. The molecule has 26 heavy (non-hydrogen) atoms. The van der Waals surface area contributed by atoms with E-state index in [1.54, 1.807) is 4.57 Å². The molecule has 0 amide bonds. The molecule has 0 saturated heterocycles. The maximum Gasteiger partial charge on any atom is 0.341 e. The van der Waals surface area contributed by atoms with E-state index in [0.717, 1.165) is 40.7 Å². The van der Waals surface area contributed by atoms with Gasteiger partial charge in [0.1, 0.15) is 11.1 Å². The molecule has 0 spiro atoms. The smallest absolute Gasteiger partial charge is 0.341 e. The fourth-order valence-electron chi connectivity index (χ4n) is 3.77. The van der Waals surface area contributed by atoms with Crippen LogP contribution in [0, 0.1) is 0 Å². The lowest BCUT2D eigenvalue weighted by Crippen LogP contribution is -2.21. The monoisotopic (exact) mass is 365 g/mol. The van der Waals surface area contributed by atoms with Gasteiger partial charge in [-0.1, -0.05) is 24.3 Å². The molecule has 0 bridgehead atoms. The van der Waals surface area contributed by atoms with Crippen molar-refractivity contribution >= 4 is 33.6 Å². The van der Waals surface area contributed by atoms with Gasteiger partial charge in [0, 0.05) is 46.0 Å². The number of carboxylic acids is 1. The zero-order valence-electron chi connectivity index (χ0n) is 13.8. The van der Waals surface area contributed by atoms with Crippen molar-refractivity contribution in [3.63, 3.8) is 0 Å². The summed E-state index contributed by atoms with van der Waals surface area (Å²) in [5.74, 6) is 0.562. The number of aromatic carboxylic acids is 1. The number of carbonyl (C=O) groups is 1. The van der Waals surface area contributed by atoms with E-state index in [1.807, 2.05) is 17.8 Å². The van der Waals surface area contributed by atoms with Crippen molar-refractivity contribution in [2.24, 2.45) is 0 Å². The van der Waals surface area contributed by atoms with Gasteiger partial charge in [-0.3, -0.25) is 4.79 Å². The molecule has 0 aliphatic carbocycles. The van der Waals surface area contributed by atoms with E-state index in [-0.39, 0.29) is 5.56 Å². The number of carboxylic acid groups (broad SMARTS) is 1. The zero-order chi connectivity index (χ0) is 17.8. The van der Waals surface area contributed by atoms with Gasteiger partial charge in [-0.25, -0.2) is 4.79 Å². The molecule has 130 valence electrons. The Balaban J connectivity index is 1.76. The summed E-state index contributed by atoms with van der Waals surface area (Å²) in [6.45, 7) is 0.624. The number of thioether (sulfide) groups is 1. The van der Waals surface area contributed by atoms with Gasteiger partial charge in [-0.2, -0.15) is 0 Å². The van der Waals surface area contributed by atoms with Crippen molar-refractivity contribution in [2.75, 3.05) is 5.75 Å². The minimum atomic E-state index is -1.20. The first-order chi connectivity index (χ1) is 12.6. The van der Waals surface area contributed by atoms with Gasteiger partial charge < -0.3 is 14.1 Å². The van der Waals surface area contributed by atoms with Gasteiger partial charge in [0.2, 0.25) is 0 Å². The number of furan rings is 1. The number of allylic oxidation sites excluding steroid dienone is 1. The predicted octanol–water partition coefficient (Wildman–Crippen LogP) is 3.99. The Bertz CT molecular complexity index is 1170. The standard InChI is InChI=1S/C20H15NO4S/c22-16-9-15-19-12(6-7-21(15)10-14(16)20(23)24)11-3-1-4-13(18(11)25-19)17-5-2-8-26-17/h1,3-5,9-10H,2,6-8H2,(H,23,24). The molecule has 2 aromatic heterocycles. The SMILES string of the molecule is O=C(O)c1cn2c(cc1=O)-c1oc3c(C4=CCCS4)cccc3c1CC2. The summed E-state index contributed by atoms with van der Waals surface area (Å²) < 4.78 is 8.06. The largest absolute Gasteiger partial charge is 0.477 e. The highest BCUT2D eigenvalue weighted by atomic mass is 32.2. The van der Waals surface area contributed by atoms with Crippen LogP contribution in [0.4, 0.5) is 0 Å². The van der Waals surface area contributed by atoms with Crippen LogP contribution in [0.15, 0.2) is 45.8 Å². The van der Waals surface area contributed by atoms with Gasteiger partial charge in [-0.05, 0) is 12.8 Å². The molecule has 1 N–H and O–H groups in total. The number of benzene rings is 1. The van der Waals surface area contributed by atoms with Gasteiger partial charge in [0.15, 0.2) is 11.2 Å². The lowest BCUT2D eigenvalue weighted by atomic mass is 10.00. The Morgan fingerprint density at radius 2 is 2.19 bits per heavy atom. The van der Waals surface area contributed by atoms with Crippen molar-refractivity contribution in [1.29, 1.82) is 0 Å². The highest BCUT2D eigenvalue weighted by Crippen LogP contribution is 2.43. The number of aryl methyl sites for hydroxylation is 2. The molecule has 5 nitrogen and oxygen atoms in total. The Labute approximate surface area is 152 Å². The molecule has 1 aromatic carbocycles. The maximum absolute atomic E-state index is 12.2. The lowest BCUT2D eigenvalue weighted by Gasteiger charge is -2.18. The van der Waals surface area contributed by atoms with Crippen LogP contribution in [0.2, 0.25) is 0 Å². The summed E-state index contributed by atoms with van der Waals surface area (Å²) in [5, 5.41) is 10.3. The third kappa shape index (κ3) is 2.18. The van der Waals surface area contributed by atoms with Crippen molar-refractivity contribution < 1.29 is 14.3 Å². The number of pyridine rings is 1. The molecule has 4 heterocycles. The van der Waals surface area contributed by atoms with Crippen molar-refractivity contribution in [2.45, 2.75) is 19.4 Å². The van der Waals surface area contributed by atoms with E-state index in [2.05, 4.69) is 18.2 Å². The molecule has 0 unspecified atom stereocenters. The first kappa shape index (κ1) is 15.5. The molecule has 3 aromatic rings. The molecule has 5 rings (SSSR count). The predicted molar refractivity (Wildman–Crippen MR) is 102 cm³/mol. The first-order valence-corrected chi connectivity index (χ1v) is 9.48. The van der Waals surface area contributed by atoms with Crippen LogP contribution in [-0.2, 0) is 13.0 Å². The molecular formula is C20H15NO4S. The van der Waals surface area contributed by atoms with Crippen molar-refractivity contribution in [3.8, 4) is 11.5 Å². The van der Waals surface area contributed by atoms with E-state index in [0.29, 0.717) is 18.0 Å². The van der Waals surface area contributed by atoms with E-state index in [1.165, 1.54) is 17.2 Å². The number of fused-ring (bicyclic) bond motifs is 5. The second-order valence-corrected chi connectivity index (χ2v) is 7.62. The molecule has 0 saturated carbocycles. The third-order valence-electron chi connectivity index (χ3n) is 4.98. The van der Waals surface area contributed by atoms with Gasteiger partial charge >= 0.3 is 5.97 Å². The zero-order valence-corrected chi connectivity index (χ0v) is 14.6. The topological polar surface area (TPSA) is 72.4 Å². The molecule has 6 heteroatoms. The average Bonchev–Trinajstić information content (AvgIpc) is 3.28. The molecule has 2 aliphatic rings. The van der Waals surface area contributed by atoms with Crippen LogP contribution in [0.25, 0.3) is 27.3 Å². The first-order valence-electron chi connectivity index (χ1n) is 8.49. The van der Waals surface area contributed by atoms with E-state index in [9.17, 15) is 14.7 Å². The minimum absolute atomic E-state index is 0.207. The minimum Gasteiger partial charge on any atom is -0.477 e. The number of rotatable bonds is 2. The number of para-hydroxylation sites is 1. The summed E-state index contributed by atoms with van der Waals surface area (Å²) in [5.41, 5.74) is 2.98. The van der Waals surface area contributed by atoms with Crippen LogP contribution < -0.4 is 5.43 Å². The van der Waals surface area contributed by atoms with Crippen LogP contribution in [0.1, 0.15) is 27.9 Å². The van der Waals surface area contributed by atoms with Crippen molar-refractivity contribution in [1.82, 2.24) is 4.57 Å². The Morgan fingerprint density at radius 1 is 1.31 bits per heavy atom. The molecule has 0 fully saturated rings. The summed E-state index contributed by atoms with van der Waals surface area (Å²) in [4.78, 5) is 24.7. The Kier molecular flexibility index (Phi) is 3.37. The quantitative estimate of drug-likeness (QED) is 0.743. The highest BCUT2D eigenvalue weighted by Gasteiger charge is 2.26. The van der Waals surface area contributed by atoms with Gasteiger partial charge in [0.05, 0.1) is 5.69 Å². The maximum atomic E-state index is 12.2. The fourth-order valence-corrected chi connectivity index (χ4v) is 4.78. The molecule has 0 atom stereocenters. The number of nitrogens with zero attached hydrogens (tertiary/aromatic N) is 1. The van der Waals surface area contributed by atoms with E-state index >= 15 is 0 Å². The summed E-state index contributed by atoms with van der Waals surface area (Å²) in [6.07, 6.45) is 5.46. The lowest BCUT2D eigenvalue weighted by molar-refractivity contribution is 0.0694. The number of aromatic nitrogens is 1. The molecule has 2 aliphatic heterocycles. The summed E-state index contributed by atoms with van der Waals surface area (Å²) >= 11 is 1.83. The van der Waals surface area contributed by atoms with Crippen LogP contribution in [-0.4, -0.2) is 21.4 Å². The van der Waals surface area contributed by atoms with E-state index in [4.69, 9.17) is 4.42 Å². The van der Waals surface area contributed by atoms with Gasteiger partial charge in [0.25, 0.3) is 0 Å². The number of hydrogen-bond donors (Lipinski definition) is 1. The second kappa shape index (κ2) is 5.64. The third-order valence-corrected chi connectivity index (χ3v) is 6.12. The molecule has 0 radical (unpaired) electrons. The van der Waals surface area contributed by atoms with Gasteiger partial charge in [-0.15, -0.1) is 11.8 Å². The molecular weight excluding hydrogens is 350 g/mol. The Hall–Kier alpha value is -2.73. The van der Waals surface area contributed by atoms with Crippen LogP contribution in [0.3, 0.4) is 0 Å². The normalized spacial score (nSPS) is 15.6. The highest BCUT2D eigenvalue weighted by molar-refractivity contribution is 8.08. The van der Waals surface area contributed by atoms with Crippen LogP contribution >= 0.6 is 11.8 Å². The second-order valence-electron chi connectivity index (χ2n) is 6.48. The van der Waals surface area contributed by atoms with E-state index < -0.39 is 11.4 Å². The summed E-state index contributed by atoms with van der Waals surface area (Å²) in [6, 6.07) is 7.55.